The van der Waals surface area contributed by atoms with Crippen molar-refractivity contribution in [1.82, 2.24) is 5.32 Å². The van der Waals surface area contributed by atoms with E-state index in [0.29, 0.717) is 18.7 Å². The van der Waals surface area contributed by atoms with Crippen molar-refractivity contribution in [2.75, 3.05) is 6.61 Å². The minimum absolute atomic E-state index is 0.0572. The summed E-state index contributed by atoms with van der Waals surface area (Å²) in [6.07, 6.45) is -4.26. The molecule has 0 bridgehead atoms. The molecule has 0 radical (unpaired) electrons. The van der Waals surface area contributed by atoms with Gasteiger partial charge in [0.2, 0.25) is 0 Å². The highest BCUT2D eigenvalue weighted by molar-refractivity contribution is 5.94. The molecule has 0 aliphatic heterocycles. The summed E-state index contributed by atoms with van der Waals surface area (Å²) >= 11 is 0. The average molecular weight is 381 g/mol. The molecular formula is C20H22F3NO3. The summed E-state index contributed by atoms with van der Waals surface area (Å²) in [7, 11) is 0. The molecule has 0 unspecified atom stereocenters. The quantitative estimate of drug-likeness (QED) is 0.733. The molecule has 0 fully saturated rings. The molecule has 0 saturated carbocycles. The molecule has 2 aromatic carbocycles. The fourth-order valence-corrected chi connectivity index (χ4v) is 2.24. The Morgan fingerprint density at radius 2 is 1.74 bits per heavy atom. The van der Waals surface area contributed by atoms with Crippen molar-refractivity contribution in [2.45, 2.75) is 39.3 Å². The van der Waals surface area contributed by atoms with Crippen molar-refractivity contribution < 1.29 is 27.4 Å². The molecule has 2 aromatic rings. The largest absolute Gasteiger partial charge is 0.484 e. The molecule has 0 aliphatic carbocycles. The maximum absolute atomic E-state index is 12.2. The van der Waals surface area contributed by atoms with Gasteiger partial charge in [-0.3, -0.25) is 4.79 Å². The number of benzene rings is 2. The van der Waals surface area contributed by atoms with Crippen LogP contribution in [0.3, 0.4) is 0 Å². The number of halogens is 3. The Morgan fingerprint density at radius 3 is 2.37 bits per heavy atom. The summed E-state index contributed by atoms with van der Waals surface area (Å²) in [5.41, 5.74) is 2.29. The summed E-state index contributed by atoms with van der Waals surface area (Å²) in [6.45, 7) is 3.39. The third kappa shape index (κ3) is 7.70. The maximum atomic E-state index is 12.2. The molecule has 27 heavy (non-hydrogen) atoms. The van der Waals surface area contributed by atoms with Crippen molar-refractivity contribution in [2.24, 2.45) is 0 Å². The number of rotatable bonds is 8. The van der Waals surface area contributed by atoms with Crippen LogP contribution in [0, 0.1) is 0 Å². The van der Waals surface area contributed by atoms with E-state index < -0.39 is 12.8 Å². The minimum atomic E-state index is -4.40. The van der Waals surface area contributed by atoms with Gasteiger partial charge in [0.25, 0.3) is 5.91 Å². The summed E-state index contributed by atoms with van der Waals surface area (Å²) < 4.78 is 46.6. The Bertz CT molecular complexity index is 743. The number of hydrogen-bond acceptors (Lipinski definition) is 3. The van der Waals surface area contributed by atoms with Crippen LogP contribution in [0.1, 0.15) is 35.3 Å². The van der Waals surface area contributed by atoms with Gasteiger partial charge >= 0.3 is 6.18 Å². The normalized spacial score (nSPS) is 11.5. The summed E-state index contributed by atoms with van der Waals surface area (Å²) in [5, 5.41) is 2.78. The van der Waals surface area contributed by atoms with E-state index in [1.54, 1.807) is 0 Å². The van der Waals surface area contributed by atoms with Crippen molar-refractivity contribution in [1.29, 1.82) is 0 Å². The highest BCUT2D eigenvalue weighted by Crippen LogP contribution is 2.19. The van der Waals surface area contributed by atoms with E-state index >= 15 is 0 Å². The number of amides is 1. The Hall–Kier alpha value is -2.54. The topological polar surface area (TPSA) is 47.6 Å². The first-order chi connectivity index (χ1) is 12.7. The third-order valence-electron chi connectivity index (χ3n) is 3.55. The molecule has 0 spiro atoms. The fraction of sp³-hybridized carbons (Fsp3) is 0.350. The zero-order valence-electron chi connectivity index (χ0n) is 15.2. The van der Waals surface area contributed by atoms with Gasteiger partial charge in [-0.05, 0) is 49.2 Å². The van der Waals surface area contributed by atoms with Gasteiger partial charge < -0.3 is 14.8 Å². The summed E-state index contributed by atoms with van der Waals surface area (Å²) in [5.74, 6) is -0.261. The van der Waals surface area contributed by atoms with Crippen LogP contribution in [-0.4, -0.2) is 24.8 Å². The lowest BCUT2D eigenvalue weighted by Gasteiger charge is -2.11. The van der Waals surface area contributed by atoms with Gasteiger partial charge in [-0.25, -0.2) is 0 Å². The Morgan fingerprint density at radius 1 is 1.07 bits per heavy atom. The maximum Gasteiger partial charge on any atom is 0.422 e. The van der Waals surface area contributed by atoms with E-state index in [-0.39, 0.29) is 17.8 Å². The van der Waals surface area contributed by atoms with Crippen LogP contribution in [-0.2, 0) is 17.9 Å². The predicted molar refractivity (Wildman–Crippen MR) is 95.5 cm³/mol. The molecule has 1 N–H and O–H groups in total. The highest BCUT2D eigenvalue weighted by atomic mass is 19.4. The van der Waals surface area contributed by atoms with Gasteiger partial charge in [0, 0.05) is 12.1 Å². The van der Waals surface area contributed by atoms with E-state index in [2.05, 4.69) is 10.1 Å². The van der Waals surface area contributed by atoms with Crippen LogP contribution in [0.25, 0.3) is 0 Å². The lowest BCUT2D eigenvalue weighted by Crippen LogP contribution is -2.23. The molecule has 0 saturated heterocycles. The number of ether oxygens (including phenoxy) is 2. The SMILES string of the molecule is CC(C)OCc1cccc(CNC(=O)c2ccc(OCC(F)(F)F)cc2)c1. The smallest absolute Gasteiger partial charge is 0.422 e. The van der Waals surface area contributed by atoms with Gasteiger partial charge in [-0.1, -0.05) is 24.3 Å². The number of hydrogen-bond donors (Lipinski definition) is 1. The number of nitrogens with one attached hydrogen (secondary N) is 1. The van der Waals surface area contributed by atoms with Gasteiger partial charge in [0.1, 0.15) is 5.75 Å². The van der Waals surface area contributed by atoms with E-state index in [4.69, 9.17) is 4.74 Å². The fourth-order valence-electron chi connectivity index (χ4n) is 2.24. The Labute approximate surface area is 156 Å². The molecular weight excluding hydrogens is 359 g/mol. The second-order valence-corrected chi connectivity index (χ2v) is 6.29. The molecule has 4 nitrogen and oxygen atoms in total. The van der Waals surface area contributed by atoms with Gasteiger partial charge in [0.15, 0.2) is 6.61 Å². The van der Waals surface area contributed by atoms with E-state index in [1.807, 2.05) is 38.1 Å². The van der Waals surface area contributed by atoms with Gasteiger partial charge in [0.05, 0.1) is 12.7 Å². The van der Waals surface area contributed by atoms with Crippen LogP contribution < -0.4 is 10.1 Å². The molecule has 1 amide bonds. The monoisotopic (exact) mass is 381 g/mol. The second kappa shape index (κ2) is 9.41. The van der Waals surface area contributed by atoms with Crippen molar-refractivity contribution >= 4 is 5.91 Å². The first kappa shape index (κ1) is 20.8. The molecule has 0 aromatic heterocycles. The molecule has 0 heterocycles. The van der Waals surface area contributed by atoms with Crippen LogP contribution in [0.5, 0.6) is 5.75 Å². The predicted octanol–water partition coefficient (Wildman–Crippen LogP) is 4.48. The van der Waals surface area contributed by atoms with Crippen LogP contribution >= 0.6 is 0 Å². The lowest BCUT2D eigenvalue weighted by atomic mass is 10.1. The van der Waals surface area contributed by atoms with Crippen LogP contribution in [0.15, 0.2) is 48.5 Å². The van der Waals surface area contributed by atoms with E-state index in [9.17, 15) is 18.0 Å². The summed E-state index contributed by atoms with van der Waals surface area (Å²) in [6, 6.07) is 13.2. The average Bonchev–Trinajstić information content (AvgIpc) is 2.63. The van der Waals surface area contributed by atoms with Crippen molar-refractivity contribution in [3.05, 3.63) is 65.2 Å². The highest BCUT2D eigenvalue weighted by Gasteiger charge is 2.28. The van der Waals surface area contributed by atoms with Crippen molar-refractivity contribution in [3.63, 3.8) is 0 Å². The molecule has 7 heteroatoms. The molecule has 146 valence electrons. The number of carbonyl (C=O) groups is 1. The Kier molecular flexibility index (Phi) is 7.24. The van der Waals surface area contributed by atoms with Crippen LogP contribution in [0.4, 0.5) is 13.2 Å². The Balaban J connectivity index is 1.87. The molecule has 2 rings (SSSR count). The minimum Gasteiger partial charge on any atom is -0.484 e. The molecule has 0 atom stereocenters. The zero-order valence-corrected chi connectivity index (χ0v) is 15.2. The first-order valence-corrected chi connectivity index (χ1v) is 8.50. The van der Waals surface area contributed by atoms with Crippen LogP contribution in [0.2, 0.25) is 0 Å². The van der Waals surface area contributed by atoms with E-state index in [0.717, 1.165) is 11.1 Å². The third-order valence-corrected chi connectivity index (χ3v) is 3.55. The molecule has 0 aliphatic rings. The summed E-state index contributed by atoms with van der Waals surface area (Å²) in [4.78, 5) is 12.2. The standard InChI is InChI=1S/C20H22F3NO3/c1-14(2)26-12-16-5-3-4-15(10-16)11-24-19(25)17-6-8-18(9-7-17)27-13-20(21,22)23/h3-10,14H,11-13H2,1-2H3,(H,24,25). The lowest BCUT2D eigenvalue weighted by molar-refractivity contribution is -0.153. The number of alkyl halides is 3. The first-order valence-electron chi connectivity index (χ1n) is 8.50. The van der Waals surface area contributed by atoms with Gasteiger partial charge in [-0.15, -0.1) is 0 Å². The number of carbonyl (C=O) groups excluding carboxylic acids is 1. The zero-order chi connectivity index (χ0) is 19.9. The second-order valence-electron chi connectivity index (χ2n) is 6.29. The van der Waals surface area contributed by atoms with E-state index in [1.165, 1.54) is 24.3 Å². The van der Waals surface area contributed by atoms with Crippen molar-refractivity contribution in [3.8, 4) is 5.75 Å². The van der Waals surface area contributed by atoms with Gasteiger partial charge in [-0.2, -0.15) is 13.2 Å².